The molecule has 1 atom stereocenters. The fourth-order valence-electron chi connectivity index (χ4n) is 2.62. The maximum absolute atomic E-state index is 11.2. The number of amides is 1. The van der Waals surface area contributed by atoms with Crippen LogP contribution in [0.15, 0.2) is 18.2 Å². The molecular formula is C16H26N2O2. The molecule has 0 aromatic heterocycles. The Bertz CT molecular complexity index is 483. The lowest BCUT2D eigenvalue weighted by Gasteiger charge is -2.30. The van der Waals surface area contributed by atoms with Crippen molar-refractivity contribution in [3.8, 4) is 5.75 Å². The van der Waals surface area contributed by atoms with Gasteiger partial charge >= 0.3 is 0 Å². The van der Waals surface area contributed by atoms with Crippen LogP contribution in [0.1, 0.15) is 40.2 Å². The first-order valence-corrected chi connectivity index (χ1v) is 7.11. The van der Waals surface area contributed by atoms with Gasteiger partial charge in [0, 0.05) is 17.1 Å². The monoisotopic (exact) mass is 278 g/mol. The minimum Gasteiger partial charge on any atom is -0.497 e. The van der Waals surface area contributed by atoms with Gasteiger partial charge in [0.15, 0.2) is 0 Å². The number of carbonyl (C=O) groups excluding carboxylic acids is 1. The second kappa shape index (κ2) is 6.16. The van der Waals surface area contributed by atoms with Gasteiger partial charge in [-0.15, -0.1) is 0 Å². The predicted molar refractivity (Wildman–Crippen MR) is 83.4 cm³/mol. The number of ether oxygens (including phenoxy) is 1. The van der Waals surface area contributed by atoms with Crippen molar-refractivity contribution in [2.75, 3.05) is 18.6 Å². The Hall–Kier alpha value is -1.71. The summed E-state index contributed by atoms with van der Waals surface area (Å²) >= 11 is 0. The second-order valence-electron chi connectivity index (χ2n) is 5.37. The van der Waals surface area contributed by atoms with E-state index in [1.165, 1.54) is 5.56 Å². The number of hydrogen-bond donors (Lipinski definition) is 1. The SMILES string of the molecule is CC.COc1ccc2c(c1)C(C)(C)C(C)N2CC(N)=O. The first-order chi connectivity index (χ1) is 9.37. The molecule has 2 rings (SSSR count). The van der Waals surface area contributed by atoms with Gasteiger partial charge in [0.1, 0.15) is 5.75 Å². The zero-order valence-electron chi connectivity index (χ0n) is 13.4. The molecule has 112 valence electrons. The van der Waals surface area contributed by atoms with Gasteiger partial charge in [-0.25, -0.2) is 0 Å². The van der Waals surface area contributed by atoms with Crippen LogP contribution in [0.4, 0.5) is 5.69 Å². The molecule has 1 aliphatic rings. The van der Waals surface area contributed by atoms with E-state index >= 15 is 0 Å². The first kappa shape index (κ1) is 16.3. The van der Waals surface area contributed by atoms with Gasteiger partial charge < -0.3 is 15.4 Å². The van der Waals surface area contributed by atoms with E-state index in [0.717, 1.165) is 11.4 Å². The number of rotatable bonds is 3. The van der Waals surface area contributed by atoms with E-state index in [4.69, 9.17) is 10.5 Å². The highest BCUT2D eigenvalue weighted by Crippen LogP contribution is 2.46. The maximum atomic E-state index is 11.2. The van der Waals surface area contributed by atoms with Crippen LogP contribution >= 0.6 is 0 Å². The minimum absolute atomic E-state index is 0.0284. The molecule has 0 saturated heterocycles. The number of primary amides is 1. The molecule has 0 fully saturated rings. The first-order valence-electron chi connectivity index (χ1n) is 7.11. The minimum atomic E-state index is -0.304. The molecule has 1 aromatic carbocycles. The highest BCUT2D eigenvalue weighted by Gasteiger charge is 2.42. The smallest absolute Gasteiger partial charge is 0.236 e. The summed E-state index contributed by atoms with van der Waals surface area (Å²) in [7, 11) is 1.66. The van der Waals surface area contributed by atoms with Crippen LogP contribution in [-0.4, -0.2) is 25.6 Å². The van der Waals surface area contributed by atoms with Crippen LogP contribution in [-0.2, 0) is 10.2 Å². The van der Waals surface area contributed by atoms with Gasteiger partial charge in [0.25, 0.3) is 0 Å². The number of carbonyl (C=O) groups is 1. The van der Waals surface area contributed by atoms with Crippen LogP contribution in [0.5, 0.6) is 5.75 Å². The molecular weight excluding hydrogens is 252 g/mol. The van der Waals surface area contributed by atoms with Crippen molar-refractivity contribution in [2.45, 2.75) is 46.1 Å². The van der Waals surface area contributed by atoms with Crippen LogP contribution < -0.4 is 15.4 Å². The Labute approximate surface area is 121 Å². The topological polar surface area (TPSA) is 55.6 Å². The second-order valence-corrected chi connectivity index (χ2v) is 5.37. The Kier molecular flexibility index (Phi) is 5.03. The average molecular weight is 278 g/mol. The summed E-state index contributed by atoms with van der Waals surface area (Å²) < 4.78 is 5.27. The van der Waals surface area contributed by atoms with Crippen molar-refractivity contribution in [3.05, 3.63) is 23.8 Å². The lowest BCUT2D eigenvalue weighted by Crippen LogP contribution is -2.43. The van der Waals surface area contributed by atoms with Crippen LogP contribution in [0, 0.1) is 0 Å². The van der Waals surface area contributed by atoms with Crippen LogP contribution in [0.2, 0.25) is 0 Å². The van der Waals surface area contributed by atoms with Gasteiger partial charge in [-0.1, -0.05) is 27.7 Å². The Morgan fingerprint density at radius 1 is 1.40 bits per heavy atom. The van der Waals surface area contributed by atoms with Crippen molar-refractivity contribution in [2.24, 2.45) is 5.73 Å². The van der Waals surface area contributed by atoms with Gasteiger partial charge in [-0.3, -0.25) is 4.79 Å². The fourth-order valence-corrected chi connectivity index (χ4v) is 2.62. The number of benzene rings is 1. The van der Waals surface area contributed by atoms with E-state index in [1.807, 2.05) is 32.0 Å². The van der Waals surface area contributed by atoms with Crippen LogP contribution in [0.25, 0.3) is 0 Å². The quantitative estimate of drug-likeness (QED) is 0.925. The van der Waals surface area contributed by atoms with Gasteiger partial charge in [-0.2, -0.15) is 0 Å². The highest BCUT2D eigenvalue weighted by atomic mass is 16.5. The van der Waals surface area contributed by atoms with Crippen molar-refractivity contribution in [1.29, 1.82) is 0 Å². The molecule has 1 unspecified atom stereocenters. The van der Waals surface area contributed by atoms with Gasteiger partial charge in [0.2, 0.25) is 5.91 Å². The van der Waals surface area contributed by atoms with Gasteiger partial charge in [-0.05, 0) is 30.7 Å². The lowest BCUT2D eigenvalue weighted by atomic mass is 9.81. The fraction of sp³-hybridized carbons (Fsp3) is 0.562. The molecule has 1 aromatic rings. The third kappa shape index (κ3) is 2.74. The average Bonchev–Trinajstić information content (AvgIpc) is 2.62. The van der Waals surface area contributed by atoms with E-state index in [-0.39, 0.29) is 23.9 Å². The van der Waals surface area contributed by atoms with Crippen molar-refractivity contribution >= 4 is 11.6 Å². The molecule has 0 saturated carbocycles. The third-order valence-corrected chi connectivity index (χ3v) is 4.05. The highest BCUT2D eigenvalue weighted by molar-refractivity contribution is 5.81. The summed E-state index contributed by atoms with van der Waals surface area (Å²) in [6, 6.07) is 6.20. The molecule has 1 amide bonds. The molecule has 4 heteroatoms. The molecule has 0 radical (unpaired) electrons. The molecule has 4 nitrogen and oxygen atoms in total. The normalized spacial score (nSPS) is 18.9. The number of hydrogen-bond acceptors (Lipinski definition) is 3. The number of methoxy groups -OCH3 is 1. The van der Waals surface area contributed by atoms with E-state index in [9.17, 15) is 4.79 Å². The number of anilines is 1. The van der Waals surface area contributed by atoms with E-state index in [0.29, 0.717) is 0 Å². The lowest BCUT2D eigenvalue weighted by molar-refractivity contribution is -0.116. The number of nitrogens with zero attached hydrogens (tertiary/aromatic N) is 1. The van der Waals surface area contributed by atoms with E-state index < -0.39 is 0 Å². The largest absolute Gasteiger partial charge is 0.497 e. The summed E-state index contributed by atoms with van der Waals surface area (Å²) in [6.07, 6.45) is 0. The van der Waals surface area contributed by atoms with Gasteiger partial charge in [0.05, 0.1) is 13.7 Å². The molecule has 0 aliphatic carbocycles. The van der Waals surface area contributed by atoms with E-state index in [2.05, 4.69) is 25.7 Å². The zero-order chi connectivity index (χ0) is 15.5. The Morgan fingerprint density at radius 2 is 2.00 bits per heavy atom. The molecule has 20 heavy (non-hydrogen) atoms. The van der Waals surface area contributed by atoms with E-state index in [1.54, 1.807) is 7.11 Å². The summed E-state index contributed by atoms with van der Waals surface area (Å²) in [5.41, 5.74) is 7.58. The maximum Gasteiger partial charge on any atom is 0.236 e. The molecule has 2 N–H and O–H groups in total. The molecule has 1 heterocycles. The Balaban J connectivity index is 0.000000956. The van der Waals surface area contributed by atoms with Crippen LogP contribution in [0.3, 0.4) is 0 Å². The molecule has 0 spiro atoms. The Morgan fingerprint density at radius 3 is 2.50 bits per heavy atom. The summed E-state index contributed by atoms with van der Waals surface area (Å²) in [6.45, 7) is 10.7. The standard InChI is InChI=1S/C14H20N2O2.C2H6/c1-9-14(2,3)11-7-10(18-4)5-6-12(11)16(9)8-13(15)17;1-2/h5-7,9H,8H2,1-4H3,(H2,15,17);1-2H3. The summed E-state index contributed by atoms with van der Waals surface area (Å²) in [5, 5.41) is 0. The molecule has 0 bridgehead atoms. The van der Waals surface area contributed by atoms with Crippen molar-refractivity contribution in [1.82, 2.24) is 0 Å². The van der Waals surface area contributed by atoms with Crippen molar-refractivity contribution < 1.29 is 9.53 Å². The summed E-state index contributed by atoms with van der Waals surface area (Å²) in [4.78, 5) is 13.3. The molecule has 1 aliphatic heterocycles. The summed E-state index contributed by atoms with van der Waals surface area (Å²) in [5.74, 6) is 0.538. The van der Waals surface area contributed by atoms with Crippen molar-refractivity contribution in [3.63, 3.8) is 0 Å². The third-order valence-electron chi connectivity index (χ3n) is 4.05. The predicted octanol–water partition coefficient (Wildman–Crippen LogP) is 2.69. The number of fused-ring (bicyclic) bond motifs is 1. The number of nitrogens with two attached hydrogens (primary N) is 1. The zero-order valence-corrected chi connectivity index (χ0v) is 13.4.